The lowest BCUT2D eigenvalue weighted by atomic mass is 9.67. The molecule has 0 amide bonds. The molecule has 0 aromatic heterocycles. The minimum absolute atomic E-state index is 0.0853. The zero-order valence-electron chi connectivity index (χ0n) is 56.0. The summed E-state index contributed by atoms with van der Waals surface area (Å²) in [5.41, 5.74) is 29.5. The van der Waals surface area contributed by atoms with Crippen molar-refractivity contribution in [2.45, 2.75) is 43.9 Å². The Bertz CT molecular complexity index is 5730. The Morgan fingerprint density at radius 3 is 0.919 bits per heavy atom. The van der Waals surface area contributed by atoms with E-state index in [2.05, 4.69) is 401 Å². The van der Waals surface area contributed by atoms with Gasteiger partial charge < -0.3 is 9.80 Å². The zero-order chi connectivity index (χ0) is 66.4. The van der Waals surface area contributed by atoms with E-state index in [1.54, 1.807) is 0 Å². The molecule has 0 aliphatic heterocycles. The first-order valence-corrected chi connectivity index (χ1v) is 34.7. The summed E-state index contributed by atoms with van der Waals surface area (Å²) in [5, 5.41) is 7.70. The first kappa shape index (κ1) is 59.4. The van der Waals surface area contributed by atoms with E-state index in [0.29, 0.717) is 0 Å². The fourth-order valence-corrected chi connectivity index (χ4v) is 17.1. The van der Waals surface area contributed by atoms with Crippen LogP contribution < -0.4 is 9.80 Å². The second-order valence-electron chi connectivity index (χ2n) is 27.9. The monoisotopic (exact) mass is 1260 g/mol. The predicted molar refractivity (Wildman–Crippen MR) is 418 cm³/mol. The lowest BCUT2D eigenvalue weighted by Crippen LogP contribution is -2.28. The summed E-state index contributed by atoms with van der Waals surface area (Å²) in [5.74, 6) is 0. The average Bonchev–Trinajstić information content (AvgIpc) is 1.55. The molecule has 16 aromatic rings. The highest BCUT2D eigenvalue weighted by Crippen LogP contribution is 2.59. The van der Waals surface area contributed by atoms with Crippen molar-refractivity contribution in [3.05, 3.63) is 408 Å². The van der Waals surface area contributed by atoms with E-state index in [4.69, 9.17) is 0 Å². The van der Waals surface area contributed by atoms with Crippen LogP contribution in [0.15, 0.2) is 364 Å². The SMILES string of the molecule is CC1(C)c2ccccc2-c2ccc(N(c3cccc(-c4ccccc4)c3)c3ccc4c(c3)C(c3ccccc3)(c3ccccc3)c3ccccc3-4)cc21.CC1(C)c2ccccc2-c2ccc(N(c3cccc(-c4ccccc4)c3)c3ccc4c5ccccc5c5ccccc5c4c3)cc21. The molecule has 0 radical (unpaired) electrons. The molecule has 470 valence electrons. The summed E-state index contributed by atoms with van der Waals surface area (Å²) in [6.45, 7) is 9.44. The zero-order valence-corrected chi connectivity index (χ0v) is 56.0. The molecule has 0 saturated heterocycles. The number of benzene rings is 16. The third-order valence-corrected chi connectivity index (χ3v) is 21.8. The molecule has 2 heteroatoms. The van der Waals surface area contributed by atoms with Crippen LogP contribution in [-0.4, -0.2) is 0 Å². The van der Waals surface area contributed by atoms with Gasteiger partial charge in [-0.2, -0.15) is 0 Å². The smallest absolute Gasteiger partial charge is 0.0714 e. The van der Waals surface area contributed by atoms with Crippen LogP contribution in [0.25, 0.3) is 88.0 Å². The van der Waals surface area contributed by atoms with E-state index in [9.17, 15) is 0 Å². The molecule has 99 heavy (non-hydrogen) atoms. The van der Waals surface area contributed by atoms with Gasteiger partial charge in [-0.25, -0.2) is 0 Å². The van der Waals surface area contributed by atoms with Gasteiger partial charge in [0.15, 0.2) is 0 Å². The van der Waals surface area contributed by atoms with Crippen LogP contribution in [-0.2, 0) is 16.2 Å². The van der Waals surface area contributed by atoms with Crippen LogP contribution >= 0.6 is 0 Å². The van der Waals surface area contributed by atoms with Crippen molar-refractivity contribution in [3.8, 4) is 55.6 Å². The highest BCUT2D eigenvalue weighted by molar-refractivity contribution is 6.26. The van der Waals surface area contributed by atoms with E-state index < -0.39 is 5.41 Å². The van der Waals surface area contributed by atoms with Gasteiger partial charge in [-0.15, -0.1) is 0 Å². The van der Waals surface area contributed by atoms with Crippen LogP contribution in [0, 0.1) is 0 Å². The lowest BCUT2D eigenvalue weighted by Gasteiger charge is -2.35. The van der Waals surface area contributed by atoms with Gasteiger partial charge in [-0.1, -0.05) is 319 Å². The quantitative estimate of drug-likeness (QED) is 0.126. The van der Waals surface area contributed by atoms with Gasteiger partial charge in [-0.05, 0) is 205 Å². The summed E-state index contributed by atoms with van der Waals surface area (Å²) >= 11 is 0. The maximum atomic E-state index is 2.47. The van der Waals surface area contributed by atoms with Crippen LogP contribution in [0.3, 0.4) is 0 Å². The van der Waals surface area contributed by atoms with Crippen molar-refractivity contribution in [2.75, 3.05) is 9.80 Å². The number of nitrogens with zero attached hydrogens (tertiary/aromatic N) is 2. The molecule has 0 fully saturated rings. The Morgan fingerprint density at radius 1 is 0.182 bits per heavy atom. The van der Waals surface area contributed by atoms with Gasteiger partial charge in [0.25, 0.3) is 0 Å². The fourth-order valence-electron chi connectivity index (χ4n) is 17.1. The third-order valence-electron chi connectivity index (χ3n) is 21.8. The van der Waals surface area contributed by atoms with Crippen molar-refractivity contribution in [3.63, 3.8) is 0 Å². The van der Waals surface area contributed by atoms with Gasteiger partial charge in [0.2, 0.25) is 0 Å². The molecule has 16 aromatic carbocycles. The number of hydrogen-bond acceptors (Lipinski definition) is 2. The second kappa shape index (κ2) is 23.6. The first-order valence-electron chi connectivity index (χ1n) is 34.7. The van der Waals surface area contributed by atoms with Crippen molar-refractivity contribution in [1.29, 1.82) is 0 Å². The third kappa shape index (κ3) is 9.61. The standard InChI is InChI=1S/C52H39N.C45H33N/c1-51(2)47-27-14-12-25-43(47)45-31-29-41(34-49(45)51)53(40-24-16-19-37(33-40)36-17-6-3-7-18-36)42-30-32-46-44-26-13-15-28-48(44)52(50(46)35-42,38-20-8-4-9-21-38)39-22-10-5-11-23-39;1-45(2)43-22-11-10-21-40(43)41-26-24-34(29-44(41)45)46(32-16-12-15-31(27-32)30-13-4-3-5-14-30)33-23-25-39-37-19-7-6-17-35(37)36-18-8-9-20-38(36)42(39)28-33/h3-35H,1-2H3;3-29H,1-2H3. The molecule has 0 heterocycles. The van der Waals surface area contributed by atoms with Crippen LogP contribution in [0.5, 0.6) is 0 Å². The number of hydrogen-bond donors (Lipinski definition) is 0. The summed E-state index contributed by atoms with van der Waals surface area (Å²) in [6, 6.07) is 134. The average molecular weight is 1270 g/mol. The lowest BCUT2D eigenvalue weighted by molar-refractivity contribution is 0.660. The normalized spacial score (nSPS) is 13.7. The Balaban J connectivity index is 0.000000144. The van der Waals surface area contributed by atoms with E-state index in [1.165, 1.54) is 132 Å². The number of rotatable bonds is 10. The maximum Gasteiger partial charge on any atom is 0.0714 e. The Kier molecular flexibility index (Phi) is 14.2. The fraction of sp³-hybridized carbons (Fsp3) is 0.0722. The van der Waals surface area contributed by atoms with Crippen LogP contribution in [0.4, 0.5) is 34.1 Å². The minimum Gasteiger partial charge on any atom is -0.310 e. The Hall–Kier alpha value is -12.1. The molecule has 0 bridgehead atoms. The van der Waals surface area contributed by atoms with Gasteiger partial charge in [0.1, 0.15) is 0 Å². The summed E-state index contributed by atoms with van der Waals surface area (Å²) in [7, 11) is 0. The van der Waals surface area contributed by atoms with E-state index in [-0.39, 0.29) is 10.8 Å². The van der Waals surface area contributed by atoms with Gasteiger partial charge in [0, 0.05) is 45.0 Å². The van der Waals surface area contributed by atoms with Gasteiger partial charge >= 0.3 is 0 Å². The molecule has 19 rings (SSSR count). The van der Waals surface area contributed by atoms with Crippen LogP contribution in [0.1, 0.15) is 72.2 Å². The highest BCUT2D eigenvalue weighted by atomic mass is 15.1. The van der Waals surface area contributed by atoms with Crippen molar-refractivity contribution >= 4 is 66.4 Å². The first-order chi connectivity index (χ1) is 48.6. The summed E-state index contributed by atoms with van der Waals surface area (Å²) < 4.78 is 0. The second-order valence-corrected chi connectivity index (χ2v) is 27.9. The number of fused-ring (bicyclic) bond motifs is 15. The van der Waals surface area contributed by atoms with Crippen molar-refractivity contribution < 1.29 is 0 Å². The number of anilines is 6. The van der Waals surface area contributed by atoms with Crippen molar-refractivity contribution in [2.24, 2.45) is 0 Å². The molecule has 0 spiro atoms. The van der Waals surface area contributed by atoms with E-state index in [1.807, 2.05) is 0 Å². The molecule has 0 saturated carbocycles. The largest absolute Gasteiger partial charge is 0.310 e. The van der Waals surface area contributed by atoms with E-state index >= 15 is 0 Å². The molecular formula is C97H72N2. The molecule has 0 atom stereocenters. The van der Waals surface area contributed by atoms with Gasteiger partial charge in [-0.3, -0.25) is 0 Å². The Labute approximate surface area is 580 Å². The van der Waals surface area contributed by atoms with Crippen molar-refractivity contribution in [1.82, 2.24) is 0 Å². The minimum atomic E-state index is -0.483. The molecule has 2 nitrogen and oxygen atoms in total. The maximum absolute atomic E-state index is 2.47. The van der Waals surface area contributed by atoms with Crippen LogP contribution in [0.2, 0.25) is 0 Å². The Morgan fingerprint density at radius 2 is 0.475 bits per heavy atom. The summed E-state index contributed by atoms with van der Waals surface area (Å²) in [6.07, 6.45) is 0. The molecular weight excluding hydrogens is 1190 g/mol. The predicted octanol–water partition coefficient (Wildman–Crippen LogP) is 26.1. The highest BCUT2D eigenvalue weighted by Gasteiger charge is 2.47. The van der Waals surface area contributed by atoms with Gasteiger partial charge in [0.05, 0.1) is 5.41 Å². The topological polar surface area (TPSA) is 6.48 Å². The van der Waals surface area contributed by atoms with E-state index in [0.717, 1.165) is 34.1 Å². The molecule has 3 aliphatic carbocycles. The molecule has 0 unspecified atom stereocenters. The summed E-state index contributed by atoms with van der Waals surface area (Å²) in [4.78, 5) is 4.91. The molecule has 0 N–H and O–H groups in total. The molecule has 3 aliphatic rings.